The van der Waals surface area contributed by atoms with E-state index in [1.807, 2.05) is 51.1 Å². The van der Waals surface area contributed by atoms with E-state index in [9.17, 15) is 14.4 Å². The third-order valence-electron chi connectivity index (χ3n) is 5.52. The third-order valence-corrected chi connectivity index (χ3v) is 5.87. The van der Waals surface area contributed by atoms with Gasteiger partial charge in [0, 0.05) is 41.6 Å². The number of carbonyl (C=O) groups is 3. The molecule has 3 aromatic rings. The van der Waals surface area contributed by atoms with E-state index in [-0.39, 0.29) is 42.9 Å². The molecule has 0 aliphatic carbocycles. The zero-order valence-corrected chi connectivity index (χ0v) is 22.3. The Morgan fingerprint density at radius 2 is 1.70 bits per heavy atom. The van der Waals surface area contributed by atoms with Crippen LogP contribution in [-0.2, 0) is 20.8 Å². The fourth-order valence-corrected chi connectivity index (χ4v) is 4.11. The molecule has 0 fully saturated rings. The lowest BCUT2D eigenvalue weighted by Gasteiger charge is -2.34. The highest BCUT2D eigenvalue weighted by Crippen LogP contribution is 2.30. The first kappa shape index (κ1) is 27.9. The molecular weight excluding hydrogens is 492 g/mol. The molecule has 0 bridgehead atoms. The summed E-state index contributed by atoms with van der Waals surface area (Å²) in [6, 6.07) is 17.3. The summed E-state index contributed by atoms with van der Waals surface area (Å²) in [6.45, 7) is 7.61. The van der Waals surface area contributed by atoms with Gasteiger partial charge in [-0.1, -0.05) is 65.3 Å². The van der Waals surface area contributed by atoms with Crippen LogP contribution in [0.1, 0.15) is 56.5 Å². The molecule has 2 aromatic carbocycles. The molecule has 8 nitrogen and oxygen atoms in total. The molecule has 0 saturated heterocycles. The lowest BCUT2D eigenvalue weighted by Crippen LogP contribution is -2.50. The van der Waals surface area contributed by atoms with E-state index in [1.54, 1.807) is 37.3 Å². The fourth-order valence-electron chi connectivity index (χ4n) is 3.87. The van der Waals surface area contributed by atoms with Crippen molar-refractivity contribution in [3.8, 4) is 0 Å². The highest BCUT2D eigenvalue weighted by atomic mass is 35.5. The van der Waals surface area contributed by atoms with Gasteiger partial charge in [-0.2, -0.15) is 0 Å². The molecule has 0 unspecified atom stereocenters. The highest BCUT2D eigenvalue weighted by Gasteiger charge is 2.34. The number of hydrogen-bond acceptors (Lipinski definition) is 5. The average molecular weight is 525 g/mol. The maximum atomic E-state index is 13.6. The molecule has 0 spiro atoms. The lowest BCUT2D eigenvalue weighted by atomic mass is 10.00. The molecule has 0 aliphatic heterocycles. The van der Waals surface area contributed by atoms with E-state index in [0.717, 1.165) is 5.56 Å². The Balaban J connectivity index is 1.87. The van der Waals surface area contributed by atoms with Gasteiger partial charge in [0.25, 0.3) is 0 Å². The number of benzene rings is 2. The van der Waals surface area contributed by atoms with Crippen LogP contribution in [0.25, 0.3) is 0 Å². The first-order valence-electron chi connectivity index (χ1n) is 12.2. The molecule has 2 N–H and O–H groups in total. The number of aryl methyl sites for hydroxylation is 1. The fraction of sp³-hybridized carbons (Fsp3) is 0.357. The third kappa shape index (κ3) is 8.46. The number of amides is 3. The molecule has 1 atom stereocenters. The number of nitrogens with one attached hydrogen (secondary N) is 2. The minimum absolute atomic E-state index is 0.0806. The molecule has 1 aromatic heterocycles. The Kier molecular flexibility index (Phi) is 9.47. The topological polar surface area (TPSA) is 105 Å². The van der Waals surface area contributed by atoms with Gasteiger partial charge in [-0.05, 0) is 45.7 Å². The van der Waals surface area contributed by atoms with Gasteiger partial charge >= 0.3 is 0 Å². The molecule has 3 amide bonds. The monoisotopic (exact) mass is 524 g/mol. The SMILES string of the molecule is Cc1cc(NC(=O)CCC(=O)N(CCc2ccccc2)[C@H](C(=O)NC(C)(C)C)c2ccccc2Cl)no1. The van der Waals surface area contributed by atoms with Gasteiger partial charge < -0.3 is 20.1 Å². The minimum atomic E-state index is -0.967. The van der Waals surface area contributed by atoms with Crippen molar-refractivity contribution in [3.63, 3.8) is 0 Å². The number of rotatable bonds is 10. The molecule has 1 heterocycles. The van der Waals surface area contributed by atoms with Gasteiger partial charge in [0.1, 0.15) is 11.8 Å². The summed E-state index contributed by atoms with van der Waals surface area (Å²) in [5.41, 5.74) is 1.02. The van der Waals surface area contributed by atoms with Crippen LogP contribution >= 0.6 is 11.6 Å². The molecule has 0 saturated carbocycles. The Bertz CT molecular complexity index is 1220. The summed E-state index contributed by atoms with van der Waals surface area (Å²) >= 11 is 6.52. The van der Waals surface area contributed by atoms with Gasteiger partial charge in [0.05, 0.1) is 0 Å². The van der Waals surface area contributed by atoms with Crippen molar-refractivity contribution < 1.29 is 18.9 Å². The van der Waals surface area contributed by atoms with Crippen molar-refractivity contribution in [2.75, 3.05) is 11.9 Å². The molecule has 0 aliphatic rings. The van der Waals surface area contributed by atoms with Crippen LogP contribution in [0.5, 0.6) is 0 Å². The molecule has 196 valence electrons. The quantitative estimate of drug-likeness (QED) is 0.384. The predicted octanol–water partition coefficient (Wildman–Crippen LogP) is 5.08. The smallest absolute Gasteiger partial charge is 0.247 e. The zero-order valence-electron chi connectivity index (χ0n) is 21.6. The lowest BCUT2D eigenvalue weighted by molar-refractivity contribution is -0.142. The number of aromatic nitrogens is 1. The molecule has 9 heteroatoms. The predicted molar refractivity (Wildman–Crippen MR) is 143 cm³/mol. The number of anilines is 1. The van der Waals surface area contributed by atoms with Crippen LogP contribution < -0.4 is 10.6 Å². The number of carbonyl (C=O) groups excluding carboxylic acids is 3. The van der Waals surface area contributed by atoms with Crippen molar-refractivity contribution in [2.45, 2.75) is 58.5 Å². The van der Waals surface area contributed by atoms with E-state index < -0.39 is 11.6 Å². The maximum absolute atomic E-state index is 13.6. The van der Waals surface area contributed by atoms with Crippen LogP contribution in [0.3, 0.4) is 0 Å². The van der Waals surface area contributed by atoms with Crippen molar-refractivity contribution in [3.05, 3.63) is 82.6 Å². The van der Waals surface area contributed by atoms with Crippen molar-refractivity contribution in [2.24, 2.45) is 0 Å². The van der Waals surface area contributed by atoms with Crippen molar-refractivity contribution >= 4 is 35.1 Å². The summed E-state index contributed by atoms with van der Waals surface area (Å²) in [4.78, 5) is 41.2. The van der Waals surface area contributed by atoms with Gasteiger partial charge in [0.2, 0.25) is 17.7 Å². The van der Waals surface area contributed by atoms with Gasteiger partial charge in [-0.15, -0.1) is 0 Å². The maximum Gasteiger partial charge on any atom is 0.247 e. The normalized spacial score (nSPS) is 12.0. The second-order valence-corrected chi connectivity index (χ2v) is 10.3. The Hall–Kier alpha value is -3.65. The van der Waals surface area contributed by atoms with Crippen LogP contribution in [-0.4, -0.2) is 39.9 Å². The molecular formula is C28H33ClN4O4. The molecule has 37 heavy (non-hydrogen) atoms. The summed E-state index contributed by atoms with van der Waals surface area (Å²) < 4.78 is 4.96. The summed E-state index contributed by atoms with van der Waals surface area (Å²) in [5, 5.41) is 9.74. The summed E-state index contributed by atoms with van der Waals surface area (Å²) in [5.74, 6) is -0.209. The Morgan fingerprint density at radius 3 is 2.32 bits per heavy atom. The van der Waals surface area contributed by atoms with Crippen molar-refractivity contribution in [1.82, 2.24) is 15.4 Å². The minimum Gasteiger partial charge on any atom is -0.360 e. The first-order valence-corrected chi connectivity index (χ1v) is 12.5. The van der Waals surface area contributed by atoms with E-state index >= 15 is 0 Å². The second-order valence-electron chi connectivity index (χ2n) is 9.86. The molecule has 0 radical (unpaired) electrons. The Labute approximate surface area is 222 Å². The standard InChI is InChI=1S/C28H33ClN4O4/c1-19-18-23(32-37-19)30-24(34)14-15-25(35)33(17-16-20-10-6-5-7-11-20)26(27(36)31-28(2,3)4)21-12-8-9-13-22(21)29/h5-13,18,26H,14-17H2,1-4H3,(H,31,36)(H,30,32,34)/t26-/m0/s1. The first-order chi connectivity index (χ1) is 17.5. The Morgan fingerprint density at radius 1 is 1.03 bits per heavy atom. The molecule has 3 rings (SSSR count). The van der Waals surface area contributed by atoms with Gasteiger partial charge in [0.15, 0.2) is 5.82 Å². The number of halogens is 1. The van der Waals surface area contributed by atoms with E-state index in [0.29, 0.717) is 22.8 Å². The van der Waals surface area contributed by atoms with E-state index in [2.05, 4.69) is 15.8 Å². The van der Waals surface area contributed by atoms with E-state index in [1.165, 1.54) is 4.90 Å². The summed E-state index contributed by atoms with van der Waals surface area (Å²) in [6.07, 6.45) is 0.352. The van der Waals surface area contributed by atoms with E-state index in [4.69, 9.17) is 16.1 Å². The second kappa shape index (κ2) is 12.5. The van der Waals surface area contributed by atoms with Gasteiger partial charge in [-0.3, -0.25) is 14.4 Å². The highest BCUT2D eigenvalue weighted by molar-refractivity contribution is 6.31. The largest absolute Gasteiger partial charge is 0.360 e. The van der Waals surface area contributed by atoms with Crippen molar-refractivity contribution in [1.29, 1.82) is 0 Å². The summed E-state index contributed by atoms with van der Waals surface area (Å²) in [7, 11) is 0. The average Bonchev–Trinajstić information content (AvgIpc) is 3.24. The van der Waals surface area contributed by atoms with Crippen LogP contribution in [0.15, 0.2) is 65.2 Å². The zero-order chi connectivity index (χ0) is 27.0. The van der Waals surface area contributed by atoms with Crippen LogP contribution in [0, 0.1) is 6.92 Å². The number of nitrogens with zero attached hydrogens (tertiary/aromatic N) is 2. The van der Waals surface area contributed by atoms with Gasteiger partial charge in [-0.25, -0.2) is 0 Å². The van der Waals surface area contributed by atoms with Crippen LogP contribution in [0.4, 0.5) is 5.82 Å². The van der Waals surface area contributed by atoms with Crippen LogP contribution in [0.2, 0.25) is 5.02 Å². The number of hydrogen-bond donors (Lipinski definition) is 2.